The molecule has 4 heteroatoms. The minimum Gasteiger partial charge on any atom is -0.316 e. The smallest absolute Gasteiger partial charge is 0.316 e. The predicted molar refractivity (Wildman–Crippen MR) is 63.8 cm³/mol. The van der Waals surface area contributed by atoms with E-state index in [1.165, 1.54) is 0 Å². The third-order valence-corrected chi connectivity index (χ3v) is 4.15. The Morgan fingerprint density at radius 2 is 2.00 bits per heavy atom. The maximum atomic E-state index is 12.2. The van der Waals surface area contributed by atoms with Crippen LogP contribution in [-0.2, 0) is 0 Å². The van der Waals surface area contributed by atoms with E-state index in [0.29, 0.717) is 18.3 Å². The van der Waals surface area contributed by atoms with E-state index in [0.717, 1.165) is 19.5 Å². The summed E-state index contributed by atoms with van der Waals surface area (Å²) in [5.74, 6) is 1.02. The molecule has 1 rings (SSSR count). The zero-order valence-electron chi connectivity index (χ0n) is 11.0. The van der Waals surface area contributed by atoms with Gasteiger partial charge in [0.15, 0.2) is 0 Å². The molecule has 0 spiro atoms. The highest BCUT2D eigenvalue weighted by Crippen LogP contribution is 2.42. The summed E-state index contributed by atoms with van der Waals surface area (Å²) in [5, 5.41) is 3.36. The van der Waals surface area contributed by atoms with Gasteiger partial charge in [-0.3, -0.25) is 0 Å². The molecular formula is C13H24F3N. The standard InChI is InChI=1S/C13H24F3N/c1-10(2)11-9-17-8-7-12(11,3)5-4-6-13(14,15)16/h10-11,17H,4-9H2,1-3H3. The molecule has 1 aliphatic rings. The van der Waals surface area contributed by atoms with Gasteiger partial charge < -0.3 is 5.32 Å². The van der Waals surface area contributed by atoms with Gasteiger partial charge in [-0.2, -0.15) is 13.2 Å². The van der Waals surface area contributed by atoms with E-state index in [-0.39, 0.29) is 11.8 Å². The van der Waals surface area contributed by atoms with Crippen molar-refractivity contribution in [1.29, 1.82) is 0 Å². The maximum Gasteiger partial charge on any atom is 0.389 e. The van der Waals surface area contributed by atoms with Crippen LogP contribution in [0.2, 0.25) is 0 Å². The predicted octanol–water partition coefficient (Wildman–Crippen LogP) is 3.99. The molecule has 1 aliphatic heterocycles. The van der Waals surface area contributed by atoms with Crippen LogP contribution in [0, 0.1) is 17.3 Å². The Morgan fingerprint density at radius 3 is 2.53 bits per heavy atom. The highest BCUT2D eigenvalue weighted by atomic mass is 19.4. The average molecular weight is 251 g/mol. The SMILES string of the molecule is CC(C)C1CNCCC1(C)CCCC(F)(F)F. The minimum absolute atomic E-state index is 0.0741. The summed E-state index contributed by atoms with van der Waals surface area (Å²) >= 11 is 0. The van der Waals surface area contributed by atoms with Gasteiger partial charge in [0.2, 0.25) is 0 Å². The van der Waals surface area contributed by atoms with Crippen molar-refractivity contribution in [3.63, 3.8) is 0 Å². The van der Waals surface area contributed by atoms with Crippen LogP contribution in [0.1, 0.15) is 46.5 Å². The first-order valence-corrected chi connectivity index (χ1v) is 6.52. The van der Waals surface area contributed by atoms with Crippen molar-refractivity contribution in [3.05, 3.63) is 0 Å². The number of halogens is 3. The molecule has 0 aliphatic carbocycles. The number of hydrogen-bond donors (Lipinski definition) is 1. The van der Waals surface area contributed by atoms with Gasteiger partial charge in [0.25, 0.3) is 0 Å². The van der Waals surface area contributed by atoms with Crippen LogP contribution in [0.5, 0.6) is 0 Å². The summed E-state index contributed by atoms with van der Waals surface area (Å²) in [6.45, 7) is 8.38. The maximum absolute atomic E-state index is 12.2. The Balaban J connectivity index is 2.52. The minimum atomic E-state index is -4.00. The van der Waals surface area contributed by atoms with E-state index in [2.05, 4.69) is 26.1 Å². The van der Waals surface area contributed by atoms with E-state index >= 15 is 0 Å². The first-order valence-electron chi connectivity index (χ1n) is 6.52. The van der Waals surface area contributed by atoms with Crippen molar-refractivity contribution in [2.24, 2.45) is 17.3 Å². The number of hydrogen-bond acceptors (Lipinski definition) is 1. The van der Waals surface area contributed by atoms with Gasteiger partial charge in [-0.15, -0.1) is 0 Å². The molecule has 1 N–H and O–H groups in total. The van der Waals surface area contributed by atoms with Gasteiger partial charge in [-0.05, 0) is 49.6 Å². The molecular weight excluding hydrogens is 227 g/mol. The van der Waals surface area contributed by atoms with Gasteiger partial charge in [0, 0.05) is 6.42 Å². The second-order valence-electron chi connectivity index (χ2n) is 5.93. The molecule has 0 bridgehead atoms. The molecule has 17 heavy (non-hydrogen) atoms. The van der Waals surface area contributed by atoms with Gasteiger partial charge in [0.1, 0.15) is 0 Å². The molecule has 0 radical (unpaired) electrons. The van der Waals surface area contributed by atoms with Gasteiger partial charge in [0.05, 0.1) is 0 Å². The van der Waals surface area contributed by atoms with Crippen molar-refractivity contribution in [3.8, 4) is 0 Å². The van der Waals surface area contributed by atoms with Crippen LogP contribution in [0.15, 0.2) is 0 Å². The lowest BCUT2D eigenvalue weighted by atomic mass is 9.65. The molecule has 0 amide bonds. The molecule has 1 fully saturated rings. The molecule has 0 aromatic heterocycles. The van der Waals surface area contributed by atoms with Crippen molar-refractivity contribution in [1.82, 2.24) is 5.32 Å². The van der Waals surface area contributed by atoms with E-state index in [9.17, 15) is 13.2 Å². The normalized spacial score (nSPS) is 30.9. The van der Waals surface area contributed by atoms with E-state index in [4.69, 9.17) is 0 Å². The fourth-order valence-electron chi connectivity index (χ4n) is 3.11. The number of piperidine rings is 1. The van der Waals surface area contributed by atoms with Gasteiger partial charge in [-0.1, -0.05) is 20.8 Å². The van der Waals surface area contributed by atoms with E-state index < -0.39 is 12.6 Å². The second-order valence-corrected chi connectivity index (χ2v) is 5.93. The van der Waals surface area contributed by atoms with Crippen molar-refractivity contribution >= 4 is 0 Å². The molecule has 1 nitrogen and oxygen atoms in total. The fourth-order valence-corrected chi connectivity index (χ4v) is 3.11. The van der Waals surface area contributed by atoms with Crippen molar-refractivity contribution in [2.75, 3.05) is 13.1 Å². The number of rotatable bonds is 4. The van der Waals surface area contributed by atoms with Crippen LogP contribution in [0.4, 0.5) is 13.2 Å². The summed E-state index contributed by atoms with van der Waals surface area (Å²) in [6.07, 6.45) is -2.69. The fraction of sp³-hybridized carbons (Fsp3) is 1.00. The van der Waals surface area contributed by atoms with Gasteiger partial charge in [-0.25, -0.2) is 0 Å². The summed E-state index contributed by atoms with van der Waals surface area (Å²) in [6, 6.07) is 0. The van der Waals surface area contributed by atoms with Crippen molar-refractivity contribution in [2.45, 2.75) is 52.6 Å². The number of alkyl halides is 3. The first kappa shape index (κ1) is 14.8. The largest absolute Gasteiger partial charge is 0.389 e. The molecule has 0 saturated carbocycles. The van der Waals surface area contributed by atoms with Gasteiger partial charge >= 0.3 is 6.18 Å². The number of nitrogens with one attached hydrogen (secondary N) is 1. The Bertz CT molecular complexity index is 237. The van der Waals surface area contributed by atoms with Crippen LogP contribution in [0.25, 0.3) is 0 Å². The summed E-state index contributed by atoms with van der Waals surface area (Å²) < 4.78 is 36.5. The molecule has 2 unspecified atom stereocenters. The van der Waals surface area contributed by atoms with E-state index in [1.807, 2.05) is 0 Å². The highest BCUT2D eigenvalue weighted by molar-refractivity contribution is 4.89. The Labute approximate surface area is 102 Å². The first-order chi connectivity index (χ1) is 7.75. The third-order valence-electron chi connectivity index (χ3n) is 4.15. The zero-order chi connectivity index (χ0) is 13.1. The summed E-state index contributed by atoms with van der Waals surface area (Å²) in [5.41, 5.74) is 0.0741. The molecule has 1 saturated heterocycles. The quantitative estimate of drug-likeness (QED) is 0.796. The molecule has 0 aromatic carbocycles. The molecule has 1 heterocycles. The second kappa shape index (κ2) is 5.59. The zero-order valence-corrected chi connectivity index (χ0v) is 11.0. The van der Waals surface area contributed by atoms with Crippen LogP contribution < -0.4 is 5.32 Å². The van der Waals surface area contributed by atoms with Crippen LogP contribution >= 0.6 is 0 Å². The third kappa shape index (κ3) is 4.49. The highest BCUT2D eigenvalue weighted by Gasteiger charge is 2.38. The summed E-state index contributed by atoms with van der Waals surface area (Å²) in [4.78, 5) is 0. The van der Waals surface area contributed by atoms with E-state index in [1.54, 1.807) is 0 Å². The van der Waals surface area contributed by atoms with Crippen LogP contribution in [0.3, 0.4) is 0 Å². The molecule has 102 valence electrons. The topological polar surface area (TPSA) is 12.0 Å². The Hall–Kier alpha value is -0.250. The Morgan fingerprint density at radius 1 is 1.35 bits per heavy atom. The van der Waals surface area contributed by atoms with Crippen LogP contribution in [-0.4, -0.2) is 19.3 Å². The lowest BCUT2D eigenvalue weighted by molar-refractivity contribution is -0.137. The lowest BCUT2D eigenvalue weighted by Gasteiger charge is -2.44. The van der Waals surface area contributed by atoms with Crippen molar-refractivity contribution < 1.29 is 13.2 Å². The molecule has 2 atom stereocenters. The monoisotopic (exact) mass is 251 g/mol. The lowest BCUT2D eigenvalue weighted by Crippen LogP contribution is -2.45. The Kier molecular flexibility index (Phi) is 4.87. The molecule has 0 aromatic rings. The average Bonchev–Trinajstić information content (AvgIpc) is 2.15. The summed E-state index contributed by atoms with van der Waals surface area (Å²) in [7, 11) is 0.